The lowest BCUT2D eigenvalue weighted by molar-refractivity contribution is -0.132. The van der Waals surface area contributed by atoms with Gasteiger partial charge >= 0.3 is 0 Å². The molecule has 1 aliphatic heterocycles. The number of imidazole rings is 1. The number of hydrogen-bond acceptors (Lipinski definition) is 7. The van der Waals surface area contributed by atoms with Crippen LogP contribution < -0.4 is 4.90 Å². The highest BCUT2D eigenvalue weighted by Crippen LogP contribution is 2.29. The number of halogens is 2. The number of nitrogens with zero attached hydrogens (tertiary/aromatic N) is 6. The van der Waals surface area contributed by atoms with Crippen LogP contribution in [0.4, 0.5) is 14.6 Å². The molecule has 1 aromatic carbocycles. The average molecular weight is 461 g/mol. The zero-order chi connectivity index (χ0) is 21.4. The molecule has 0 radical (unpaired) electrons. The molecule has 31 heavy (non-hydrogen) atoms. The fourth-order valence-electron chi connectivity index (χ4n) is 3.81. The highest BCUT2D eigenvalue weighted by atomic mass is 32.2. The van der Waals surface area contributed by atoms with Crippen molar-refractivity contribution in [1.82, 2.24) is 24.4 Å². The number of rotatable bonds is 5. The van der Waals surface area contributed by atoms with Crippen LogP contribution in [0.25, 0.3) is 21.3 Å². The largest absolute Gasteiger partial charge is 0.352 e. The maximum atomic E-state index is 13.0. The molecular weight excluding hydrogens is 442 g/mol. The minimum absolute atomic E-state index is 0.0160. The van der Waals surface area contributed by atoms with E-state index in [2.05, 4.69) is 19.9 Å². The van der Waals surface area contributed by atoms with E-state index in [1.807, 2.05) is 17.5 Å². The first-order valence-corrected chi connectivity index (χ1v) is 11.5. The molecule has 0 N–H and O–H groups in total. The number of amides is 1. The third-order valence-electron chi connectivity index (χ3n) is 5.28. The van der Waals surface area contributed by atoms with E-state index in [-0.39, 0.29) is 17.6 Å². The van der Waals surface area contributed by atoms with Crippen molar-refractivity contribution in [2.45, 2.75) is 17.5 Å². The molecule has 0 spiro atoms. The van der Waals surface area contributed by atoms with Crippen LogP contribution >= 0.6 is 23.1 Å². The summed E-state index contributed by atoms with van der Waals surface area (Å²) >= 11 is 1.94. The van der Waals surface area contributed by atoms with Crippen molar-refractivity contribution in [3.8, 4) is 0 Å². The maximum absolute atomic E-state index is 13.0. The normalized spacial score (nSPS) is 14.8. The zero-order valence-electron chi connectivity index (χ0n) is 16.3. The van der Waals surface area contributed by atoms with Gasteiger partial charge in [-0.05, 0) is 35.3 Å². The van der Waals surface area contributed by atoms with E-state index in [4.69, 9.17) is 0 Å². The summed E-state index contributed by atoms with van der Waals surface area (Å²) in [6.45, 7) is 2.36. The second-order valence-electron chi connectivity index (χ2n) is 7.05. The van der Waals surface area contributed by atoms with Gasteiger partial charge in [-0.25, -0.2) is 15.0 Å². The first kappa shape index (κ1) is 20.1. The number of benzene rings is 1. The molecule has 1 saturated heterocycles. The minimum Gasteiger partial charge on any atom is -0.352 e. The quantitative estimate of drug-likeness (QED) is 0.423. The Morgan fingerprint density at radius 2 is 1.94 bits per heavy atom. The Morgan fingerprint density at radius 3 is 2.74 bits per heavy atom. The molecule has 4 aromatic rings. The molecule has 1 amide bonds. The lowest BCUT2D eigenvalue weighted by Crippen LogP contribution is -2.50. The number of hydrogen-bond donors (Lipinski definition) is 0. The van der Waals surface area contributed by atoms with Gasteiger partial charge in [-0.1, -0.05) is 12.1 Å². The van der Waals surface area contributed by atoms with Crippen LogP contribution in [0.15, 0.2) is 47.2 Å². The van der Waals surface area contributed by atoms with Gasteiger partial charge in [0.25, 0.3) is 5.76 Å². The molecular formula is C20H18F2N6OS2. The Morgan fingerprint density at radius 1 is 1.13 bits per heavy atom. The molecule has 3 aromatic heterocycles. The van der Waals surface area contributed by atoms with Gasteiger partial charge in [0.05, 0.1) is 16.4 Å². The summed E-state index contributed by atoms with van der Waals surface area (Å²) in [5, 5.41) is 3.17. The Balaban J connectivity index is 1.31. The number of piperazine rings is 1. The van der Waals surface area contributed by atoms with Crippen molar-refractivity contribution in [2.75, 3.05) is 31.1 Å². The Labute approximate surface area is 184 Å². The first-order valence-electron chi connectivity index (χ1n) is 9.71. The van der Waals surface area contributed by atoms with Crippen molar-refractivity contribution in [2.24, 2.45) is 0 Å². The number of alkyl halides is 2. The van der Waals surface area contributed by atoms with Crippen LogP contribution in [0.1, 0.15) is 0 Å². The molecule has 11 heteroatoms. The van der Waals surface area contributed by atoms with E-state index >= 15 is 0 Å². The minimum atomic E-state index is -2.60. The van der Waals surface area contributed by atoms with Crippen LogP contribution in [0.2, 0.25) is 0 Å². The third-order valence-corrected chi connectivity index (χ3v) is 6.80. The van der Waals surface area contributed by atoms with Gasteiger partial charge in [0, 0.05) is 26.2 Å². The van der Waals surface area contributed by atoms with E-state index < -0.39 is 5.76 Å². The standard InChI is InChI=1S/C20H18F2N6OS2/c21-19(22)31-20-25-14-3-1-2-4-15(14)28(20)11-16(29)26-6-8-27(9-7-26)17-13-5-10-30-18(13)24-12-23-17/h1-5,10,12,19H,6-9,11H2. The summed E-state index contributed by atoms with van der Waals surface area (Å²) < 4.78 is 27.6. The summed E-state index contributed by atoms with van der Waals surface area (Å²) in [4.78, 5) is 30.9. The van der Waals surface area contributed by atoms with Crippen LogP contribution in [0.5, 0.6) is 0 Å². The van der Waals surface area contributed by atoms with Crippen LogP contribution in [0, 0.1) is 0 Å². The molecule has 0 atom stereocenters. The summed E-state index contributed by atoms with van der Waals surface area (Å²) in [5.74, 6) is -1.83. The van der Waals surface area contributed by atoms with Gasteiger partial charge in [-0.15, -0.1) is 11.3 Å². The highest BCUT2D eigenvalue weighted by molar-refractivity contribution is 7.99. The monoisotopic (exact) mass is 460 g/mol. The van der Waals surface area contributed by atoms with Gasteiger partial charge in [0.1, 0.15) is 23.5 Å². The fraction of sp³-hybridized carbons (Fsp3) is 0.300. The number of carbonyl (C=O) groups excluding carboxylic acids is 1. The number of fused-ring (bicyclic) bond motifs is 2. The maximum Gasteiger partial charge on any atom is 0.291 e. The van der Waals surface area contributed by atoms with Gasteiger partial charge < -0.3 is 14.4 Å². The number of thiophene rings is 1. The van der Waals surface area contributed by atoms with Crippen LogP contribution in [-0.2, 0) is 11.3 Å². The molecule has 4 heterocycles. The Hall–Kier alpha value is -2.79. The highest BCUT2D eigenvalue weighted by Gasteiger charge is 2.25. The lowest BCUT2D eigenvalue weighted by Gasteiger charge is -2.35. The van der Waals surface area contributed by atoms with E-state index in [9.17, 15) is 13.6 Å². The zero-order valence-corrected chi connectivity index (χ0v) is 18.0. The van der Waals surface area contributed by atoms with Crippen molar-refractivity contribution in [1.29, 1.82) is 0 Å². The van der Waals surface area contributed by atoms with Crippen LogP contribution in [-0.4, -0.2) is 62.3 Å². The molecule has 0 saturated carbocycles. The number of carbonyl (C=O) groups is 1. The van der Waals surface area contributed by atoms with Crippen molar-refractivity contribution >= 4 is 56.1 Å². The summed E-state index contributed by atoms with van der Waals surface area (Å²) in [6.07, 6.45) is 1.57. The summed E-state index contributed by atoms with van der Waals surface area (Å²) in [6, 6.07) is 9.18. The predicted octanol–water partition coefficient (Wildman–Crippen LogP) is 3.70. The van der Waals surface area contributed by atoms with Crippen LogP contribution in [0.3, 0.4) is 0 Å². The van der Waals surface area contributed by atoms with Gasteiger partial charge in [-0.3, -0.25) is 4.79 Å². The van der Waals surface area contributed by atoms with E-state index in [1.54, 1.807) is 45.3 Å². The van der Waals surface area contributed by atoms with E-state index in [1.165, 1.54) is 0 Å². The molecule has 0 bridgehead atoms. The van der Waals surface area contributed by atoms with Crippen molar-refractivity contribution < 1.29 is 13.6 Å². The van der Waals surface area contributed by atoms with Crippen molar-refractivity contribution in [3.63, 3.8) is 0 Å². The first-order chi connectivity index (χ1) is 15.1. The molecule has 7 nitrogen and oxygen atoms in total. The number of anilines is 1. The lowest BCUT2D eigenvalue weighted by atomic mass is 10.2. The van der Waals surface area contributed by atoms with E-state index in [0.29, 0.717) is 49.0 Å². The molecule has 160 valence electrons. The summed E-state index contributed by atoms with van der Waals surface area (Å²) in [7, 11) is 0. The number of thioether (sulfide) groups is 1. The second-order valence-corrected chi connectivity index (χ2v) is 8.90. The van der Waals surface area contributed by atoms with E-state index in [0.717, 1.165) is 16.0 Å². The number of aromatic nitrogens is 4. The number of para-hydroxylation sites is 2. The van der Waals surface area contributed by atoms with Gasteiger partial charge in [0.2, 0.25) is 5.91 Å². The Kier molecular flexibility index (Phi) is 5.45. The van der Waals surface area contributed by atoms with Gasteiger partial charge in [-0.2, -0.15) is 8.78 Å². The molecule has 1 aliphatic rings. The summed E-state index contributed by atoms with van der Waals surface area (Å²) in [5.41, 5.74) is 1.28. The molecule has 5 rings (SSSR count). The van der Waals surface area contributed by atoms with Crippen molar-refractivity contribution in [3.05, 3.63) is 42.0 Å². The predicted molar refractivity (Wildman–Crippen MR) is 118 cm³/mol. The molecule has 1 fully saturated rings. The fourth-order valence-corrected chi connectivity index (χ4v) is 5.14. The SMILES string of the molecule is O=C(Cn1c(SC(F)F)nc2ccccc21)N1CCN(c2ncnc3sccc23)CC1. The molecule has 0 unspecified atom stereocenters. The Bertz CT molecular complexity index is 1230. The van der Waals surface area contributed by atoms with Gasteiger partial charge in [0.15, 0.2) is 5.16 Å². The average Bonchev–Trinajstić information content (AvgIpc) is 3.38. The third kappa shape index (κ3) is 3.94. The second kappa shape index (κ2) is 8.39. The topological polar surface area (TPSA) is 67.2 Å². The molecule has 0 aliphatic carbocycles. The smallest absolute Gasteiger partial charge is 0.291 e.